The standard InChI is InChI=1S/C24H19Cl2NO3S/c1-15(9-17-3-5-18(6-4-17)10-16(2)14-28)11-22-23(29)27(24(30)31-22)13-19-7-8-20(25)12-21(19)26/h3-12,14H,13H2,1-2H3/b15-9+,16-10+,22-11-. The quantitative estimate of drug-likeness (QED) is 0.344. The fourth-order valence-corrected chi connectivity index (χ4v) is 4.31. The number of benzene rings is 2. The first-order chi connectivity index (χ1) is 14.8. The van der Waals surface area contributed by atoms with Crippen molar-refractivity contribution in [2.75, 3.05) is 0 Å². The largest absolute Gasteiger partial charge is 0.298 e. The van der Waals surface area contributed by atoms with E-state index in [1.165, 1.54) is 4.90 Å². The minimum atomic E-state index is -0.349. The van der Waals surface area contributed by atoms with Crippen LogP contribution in [0.4, 0.5) is 4.79 Å². The van der Waals surface area contributed by atoms with Crippen molar-refractivity contribution < 1.29 is 14.4 Å². The Labute approximate surface area is 195 Å². The number of carbonyl (C=O) groups excluding carboxylic acids is 3. The van der Waals surface area contributed by atoms with Gasteiger partial charge in [0, 0.05) is 10.0 Å². The van der Waals surface area contributed by atoms with E-state index in [0.29, 0.717) is 26.1 Å². The molecule has 31 heavy (non-hydrogen) atoms. The fourth-order valence-electron chi connectivity index (χ4n) is 2.95. The number of rotatable bonds is 6. The smallest absolute Gasteiger partial charge is 0.293 e. The van der Waals surface area contributed by atoms with Crippen LogP contribution in [0.15, 0.2) is 64.6 Å². The van der Waals surface area contributed by atoms with Crippen LogP contribution in [-0.2, 0) is 16.1 Å². The molecule has 1 fully saturated rings. The third-order valence-electron chi connectivity index (χ3n) is 4.49. The van der Waals surface area contributed by atoms with Gasteiger partial charge in [-0.25, -0.2) is 0 Å². The maximum Gasteiger partial charge on any atom is 0.293 e. The lowest BCUT2D eigenvalue weighted by Gasteiger charge is -2.13. The van der Waals surface area contributed by atoms with Gasteiger partial charge in [0.15, 0.2) is 0 Å². The Balaban J connectivity index is 1.74. The summed E-state index contributed by atoms with van der Waals surface area (Å²) in [5, 5.41) is 0.566. The lowest BCUT2D eigenvalue weighted by atomic mass is 10.1. The summed E-state index contributed by atoms with van der Waals surface area (Å²) < 4.78 is 0. The second-order valence-corrected chi connectivity index (χ2v) is 8.90. The topological polar surface area (TPSA) is 54.5 Å². The number of halogens is 2. The second kappa shape index (κ2) is 10.1. The van der Waals surface area contributed by atoms with Crippen molar-refractivity contribution in [3.05, 3.63) is 91.3 Å². The molecular weight excluding hydrogens is 453 g/mol. The zero-order valence-corrected chi connectivity index (χ0v) is 19.2. The highest BCUT2D eigenvalue weighted by Gasteiger charge is 2.35. The molecule has 0 unspecified atom stereocenters. The average Bonchev–Trinajstić information content (AvgIpc) is 2.98. The molecule has 7 heteroatoms. The number of imide groups is 1. The van der Waals surface area contributed by atoms with Crippen molar-refractivity contribution in [1.82, 2.24) is 4.90 Å². The molecule has 0 radical (unpaired) electrons. The molecule has 0 aliphatic carbocycles. The van der Waals surface area contributed by atoms with E-state index in [2.05, 4.69) is 0 Å². The molecule has 0 saturated carbocycles. The van der Waals surface area contributed by atoms with E-state index in [4.69, 9.17) is 23.2 Å². The van der Waals surface area contributed by atoms with E-state index in [0.717, 1.165) is 34.7 Å². The molecule has 2 aromatic rings. The van der Waals surface area contributed by atoms with Crippen molar-refractivity contribution >= 4 is 64.5 Å². The number of nitrogens with zero attached hydrogens (tertiary/aromatic N) is 1. The third-order valence-corrected chi connectivity index (χ3v) is 5.98. The molecule has 2 aromatic carbocycles. The SMILES string of the molecule is C/C(C=O)=C\c1ccc(/C=C(C)/C=C2\SC(=O)N(Cc3ccc(Cl)cc3Cl)C2=O)cc1. The van der Waals surface area contributed by atoms with Gasteiger partial charge < -0.3 is 0 Å². The van der Waals surface area contributed by atoms with Crippen LogP contribution in [-0.4, -0.2) is 22.3 Å². The first-order valence-electron chi connectivity index (χ1n) is 9.38. The predicted molar refractivity (Wildman–Crippen MR) is 128 cm³/mol. The monoisotopic (exact) mass is 471 g/mol. The Hall–Kier alpha value is -2.60. The maximum absolute atomic E-state index is 12.7. The molecule has 1 heterocycles. The number of aldehydes is 1. The van der Waals surface area contributed by atoms with E-state index >= 15 is 0 Å². The Morgan fingerprint density at radius 2 is 1.58 bits per heavy atom. The number of allylic oxidation sites excluding steroid dienone is 3. The molecule has 1 aliphatic rings. The summed E-state index contributed by atoms with van der Waals surface area (Å²) in [4.78, 5) is 37.4. The van der Waals surface area contributed by atoms with E-state index in [1.807, 2.05) is 37.3 Å². The van der Waals surface area contributed by atoms with Crippen LogP contribution in [0.2, 0.25) is 10.0 Å². The summed E-state index contributed by atoms with van der Waals surface area (Å²) in [5.41, 5.74) is 4.02. The van der Waals surface area contributed by atoms with Gasteiger partial charge in [0.1, 0.15) is 6.29 Å². The summed E-state index contributed by atoms with van der Waals surface area (Å²) in [5.74, 6) is -0.349. The van der Waals surface area contributed by atoms with Gasteiger partial charge in [-0.15, -0.1) is 0 Å². The zero-order valence-electron chi connectivity index (χ0n) is 16.9. The minimum absolute atomic E-state index is 0.0932. The fraction of sp³-hybridized carbons (Fsp3) is 0.125. The Morgan fingerprint density at radius 3 is 2.16 bits per heavy atom. The Morgan fingerprint density at radius 1 is 0.968 bits per heavy atom. The lowest BCUT2D eigenvalue weighted by molar-refractivity contribution is -0.123. The summed E-state index contributed by atoms with van der Waals surface area (Å²) >= 11 is 13.0. The lowest BCUT2D eigenvalue weighted by Crippen LogP contribution is -2.27. The van der Waals surface area contributed by atoms with Crippen LogP contribution in [0, 0.1) is 0 Å². The van der Waals surface area contributed by atoms with Crippen LogP contribution < -0.4 is 0 Å². The van der Waals surface area contributed by atoms with Crippen LogP contribution >= 0.6 is 35.0 Å². The van der Waals surface area contributed by atoms with Crippen molar-refractivity contribution in [2.24, 2.45) is 0 Å². The maximum atomic E-state index is 12.7. The first-order valence-corrected chi connectivity index (χ1v) is 10.9. The number of hydrogen-bond acceptors (Lipinski definition) is 4. The third kappa shape index (κ3) is 5.97. The highest BCUT2D eigenvalue weighted by Crippen LogP contribution is 2.34. The van der Waals surface area contributed by atoms with Gasteiger partial charge >= 0.3 is 0 Å². The normalized spacial score (nSPS) is 16.4. The molecule has 2 amide bonds. The van der Waals surface area contributed by atoms with Crippen LogP contribution in [0.25, 0.3) is 12.2 Å². The summed E-state index contributed by atoms with van der Waals surface area (Å²) in [6.07, 6.45) is 6.24. The molecule has 1 aliphatic heterocycles. The van der Waals surface area contributed by atoms with Gasteiger partial charge in [-0.05, 0) is 77.7 Å². The minimum Gasteiger partial charge on any atom is -0.298 e. The van der Waals surface area contributed by atoms with Crippen LogP contribution in [0.1, 0.15) is 30.5 Å². The summed E-state index contributed by atoms with van der Waals surface area (Å²) in [6, 6.07) is 12.6. The molecule has 0 aromatic heterocycles. The van der Waals surface area contributed by atoms with Crippen molar-refractivity contribution in [3.63, 3.8) is 0 Å². The van der Waals surface area contributed by atoms with E-state index in [1.54, 1.807) is 37.3 Å². The van der Waals surface area contributed by atoms with Crippen LogP contribution in [0.3, 0.4) is 0 Å². The van der Waals surface area contributed by atoms with E-state index < -0.39 is 0 Å². The first kappa shape index (κ1) is 23.1. The summed E-state index contributed by atoms with van der Waals surface area (Å²) in [6.45, 7) is 3.71. The van der Waals surface area contributed by atoms with Gasteiger partial charge in [0.2, 0.25) is 0 Å². The van der Waals surface area contributed by atoms with Gasteiger partial charge in [-0.3, -0.25) is 19.3 Å². The number of thioether (sulfide) groups is 1. The molecular formula is C24H19Cl2NO3S. The van der Waals surface area contributed by atoms with Gasteiger partial charge in [-0.2, -0.15) is 0 Å². The highest BCUT2D eigenvalue weighted by molar-refractivity contribution is 8.18. The number of carbonyl (C=O) groups is 3. The van der Waals surface area contributed by atoms with Crippen molar-refractivity contribution in [2.45, 2.75) is 20.4 Å². The average molecular weight is 472 g/mol. The highest BCUT2D eigenvalue weighted by atomic mass is 35.5. The van der Waals surface area contributed by atoms with Crippen molar-refractivity contribution in [3.8, 4) is 0 Å². The van der Waals surface area contributed by atoms with Crippen molar-refractivity contribution in [1.29, 1.82) is 0 Å². The molecule has 0 spiro atoms. The zero-order chi connectivity index (χ0) is 22.5. The molecule has 158 valence electrons. The number of amides is 2. The second-order valence-electron chi connectivity index (χ2n) is 7.06. The molecule has 0 bridgehead atoms. The Bertz CT molecular complexity index is 1130. The van der Waals surface area contributed by atoms with E-state index in [-0.39, 0.29) is 17.7 Å². The number of hydrogen-bond donors (Lipinski definition) is 0. The van der Waals surface area contributed by atoms with Gasteiger partial charge in [-0.1, -0.05) is 59.6 Å². The summed E-state index contributed by atoms with van der Waals surface area (Å²) in [7, 11) is 0. The molecule has 4 nitrogen and oxygen atoms in total. The molecule has 0 atom stereocenters. The molecule has 0 N–H and O–H groups in total. The van der Waals surface area contributed by atoms with Crippen LogP contribution in [0.5, 0.6) is 0 Å². The predicted octanol–water partition coefficient (Wildman–Crippen LogP) is 6.78. The molecule has 3 rings (SSSR count). The van der Waals surface area contributed by atoms with Gasteiger partial charge in [0.05, 0.1) is 11.4 Å². The van der Waals surface area contributed by atoms with Gasteiger partial charge in [0.25, 0.3) is 11.1 Å². The van der Waals surface area contributed by atoms with E-state index in [9.17, 15) is 14.4 Å². The Kier molecular flexibility index (Phi) is 7.55. The molecule has 1 saturated heterocycles.